The molecule has 10 nitrogen and oxygen atoms in total. The van der Waals surface area contributed by atoms with E-state index < -0.39 is 0 Å². The van der Waals surface area contributed by atoms with Crippen LogP contribution in [0.4, 0.5) is 0 Å². The highest BCUT2D eigenvalue weighted by Crippen LogP contribution is 2.47. The molecule has 0 saturated carbocycles. The molecule has 2 aromatic heterocycles. The van der Waals surface area contributed by atoms with E-state index in [9.17, 15) is 9.90 Å². The number of aliphatic hydroxyl groups excluding tert-OH is 1. The van der Waals surface area contributed by atoms with Gasteiger partial charge >= 0.3 is 5.97 Å². The number of methoxy groups -OCH3 is 2. The zero-order valence-corrected chi connectivity index (χ0v) is 29.5. The van der Waals surface area contributed by atoms with E-state index in [0.29, 0.717) is 71.5 Å². The number of likely N-dealkylation sites (tertiary alicyclic amines) is 2. The molecule has 7 rings (SSSR count). The minimum absolute atomic E-state index is 0.0559. The maximum atomic E-state index is 12.2. The largest absolute Gasteiger partial charge is 0.481 e. The zero-order valence-electron chi connectivity index (χ0n) is 28.0. The molecule has 0 unspecified atom stereocenters. The topological polar surface area (TPSA) is 110 Å². The number of carbonyl (C=O) groups excluding carboxylic acids is 1. The Kier molecular flexibility index (Phi) is 9.51. The van der Waals surface area contributed by atoms with Gasteiger partial charge in [-0.15, -0.1) is 0 Å². The van der Waals surface area contributed by atoms with E-state index in [-0.39, 0.29) is 30.1 Å². The predicted molar refractivity (Wildman–Crippen MR) is 188 cm³/mol. The van der Waals surface area contributed by atoms with Crippen molar-refractivity contribution in [3.63, 3.8) is 0 Å². The molecule has 12 heteroatoms. The average molecular weight is 705 g/mol. The Bertz CT molecular complexity index is 1900. The highest BCUT2D eigenvalue weighted by atomic mass is 35.5. The maximum Gasteiger partial charge on any atom is 0.311 e. The number of ether oxygens (including phenoxy) is 3. The number of hydrogen-bond donors (Lipinski definition) is 1. The monoisotopic (exact) mass is 703 g/mol. The smallest absolute Gasteiger partial charge is 0.311 e. The van der Waals surface area contributed by atoms with Gasteiger partial charge in [-0.25, -0.2) is 9.97 Å². The first-order valence-corrected chi connectivity index (χ1v) is 17.4. The highest BCUT2D eigenvalue weighted by Gasteiger charge is 2.42. The van der Waals surface area contributed by atoms with Crippen LogP contribution in [0.2, 0.25) is 10.0 Å². The first-order valence-electron chi connectivity index (χ1n) is 16.6. The number of halogens is 2. The van der Waals surface area contributed by atoms with E-state index in [1.165, 1.54) is 5.56 Å². The Hall–Kier alpha value is -3.80. The molecule has 2 aromatic carbocycles. The van der Waals surface area contributed by atoms with Gasteiger partial charge in [-0.05, 0) is 38.3 Å². The molecule has 256 valence electrons. The number of hydrogen-bond acceptors (Lipinski definition) is 10. The number of nitrogens with zero attached hydrogens (tertiary/aromatic N) is 5. The standard InChI is InChI=1S/C37H39Cl2N5O5/c1-5-49-37(46)22-16-44(17-22)30-13-12-21-14-27(41-36(48-4)32(21)30)25-10-6-8-23(33(25)38)24-9-7-11-26(34(24)39)28-15-40-29(35(42-28)47-3)18-43-19-31(45)20(43)2/h6-11,14-15,20,22,30-31,45H,5,12-13,16-19H2,1-4H3/t20-,30+,31+/m0/s1. The second-order valence-corrected chi connectivity index (χ2v) is 13.6. The minimum Gasteiger partial charge on any atom is -0.481 e. The summed E-state index contributed by atoms with van der Waals surface area (Å²) in [7, 11) is 3.21. The van der Waals surface area contributed by atoms with Crippen molar-refractivity contribution in [1.82, 2.24) is 24.8 Å². The second-order valence-electron chi connectivity index (χ2n) is 12.8. The molecule has 1 N–H and O–H groups in total. The molecule has 0 radical (unpaired) electrons. The van der Waals surface area contributed by atoms with Crippen LogP contribution >= 0.6 is 23.2 Å². The summed E-state index contributed by atoms with van der Waals surface area (Å²) >= 11 is 14.3. The van der Waals surface area contributed by atoms with Gasteiger partial charge in [0.1, 0.15) is 5.69 Å². The molecule has 49 heavy (non-hydrogen) atoms. The van der Waals surface area contributed by atoms with E-state index in [4.69, 9.17) is 47.4 Å². The van der Waals surface area contributed by atoms with Crippen LogP contribution in [0, 0.1) is 5.92 Å². The van der Waals surface area contributed by atoms with Crippen LogP contribution in [0.3, 0.4) is 0 Å². The lowest BCUT2D eigenvalue weighted by atomic mass is 9.95. The Labute approximate surface area is 296 Å². The fraction of sp³-hybridized carbons (Fsp3) is 0.405. The highest BCUT2D eigenvalue weighted by molar-refractivity contribution is 6.39. The first kappa shape index (κ1) is 33.7. The van der Waals surface area contributed by atoms with Crippen molar-refractivity contribution in [2.24, 2.45) is 5.92 Å². The second kappa shape index (κ2) is 13.8. The normalized spacial score (nSPS) is 20.8. The van der Waals surface area contributed by atoms with Gasteiger partial charge in [-0.2, -0.15) is 0 Å². The van der Waals surface area contributed by atoms with Crippen LogP contribution in [-0.4, -0.2) is 88.4 Å². The molecular weight excluding hydrogens is 665 g/mol. The third kappa shape index (κ3) is 6.14. The van der Waals surface area contributed by atoms with Crippen LogP contribution in [0.5, 0.6) is 11.8 Å². The number of rotatable bonds is 10. The van der Waals surface area contributed by atoms with E-state index in [1.807, 2.05) is 50.2 Å². The van der Waals surface area contributed by atoms with E-state index >= 15 is 0 Å². The number of pyridine rings is 1. The van der Waals surface area contributed by atoms with Crippen LogP contribution in [-0.2, 0) is 22.5 Å². The molecule has 1 aliphatic carbocycles. The number of carbonyl (C=O) groups is 1. The van der Waals surface area contributed by atoms with Gasteiger partial charge in [0.2, 0.25) is 11.8 Å². The Balaban J connectivity index is 1.17. The van der Waals surface area contributed by atoms with Crippen molar-refractivity contribution in [1.29, 1.82) is 0 Å². The van der Waals surface area contributed by atoms with Crippen LogP contribution in [0.1, 0.15) is 43.1 Å². The lowest BCUT2D eigenvalue weighted by Crippen LogP contribution is -2.57. The molecule has 2 saturated heterocycles. The molecule has 4 aromatic rings. The molecule has 0 spiro atoms. The summed E-state index contributed by atoms with van der Waals surface area (Å²) in [4.78, 5) is 31.0. The van der Waals surface area contributed by atoms with Crippen molar-refractivity contribution < 1.29 is 24.1 Å². The summed E-state index contributed by atoms with van der Waals surface area (Å²) in [5, 5.41) is 10.9. The summed E-state index contributed by atoms with van der Waals surface area (Å²) < 4.78 is 16.7. The van der Waals surface area contributed by atoms with Crippen molar-refractivity contribution in [2.75, 3.05) is 40.5 Å². The van der Waals surface area contributed by atoms with Gasteiger partial charge < -0.3 is 19.3 Å². The number of esters is 1. The zero-order chi connectivity index (χ0) is 34.4. The van der Waals surface area contributed by atoms with Gasteiger partial charge in [0.05, 0.1) is 60.5 Å². The molecule has 2 fully saturated rings. The number of aromatic nitrogens is 3. The number of aliphatic hydroxyl groups is 1. The lowest BCUT2D eigenvalue weighted by molar-refractivity contribution is -0.155. The molecule has 3 aliphatic rings. The molecule has 3 atom stereocenters. The molecule has 0 bridgehead atoms. The number of benzene rings is 2. The van der Waals surface area contributed by atoms with Crippen LogP contribution < -0.4 is 9.47 Å². The lowest BCUT2D eigenvalue weighted by Gasteiger charge is -2.43. The number of β-amino-alcohol motifs (C(OH)–C–C–N with tert-alkyl or cyclic N) is 1. The van der Waals surface area contributed by atoms with Crippen LogP contribution in [0.15, 0.2) is 48.7 Å². The summed E-state index contributed by atoms with van der Waals surface area (Å²) in [6, 6.07) is 13.9. The summed E-state index contributed by atoms with van der Waals surface area (Å²) in [6.07, 6.45) is 3.17. The summed E-state index contributed by atoms with van der Waals surface area (Å²) in [5.41, 5.74) is 7.23. The van der Waals surface area contributed by atoms with Gasteiger partial charge in [0.25, 0.3) is 0 Å². The van der Waals surface area contributed by atoms with Crippen LogP contribution in [0.25, 0.3) is 33.6 Å². The number of aryl methyl sites for hydroxylation is 1. The van der Waals surface area contributed by atoms with E-state index in [2.05, 4.69) is 20.9 Å². The molecule has 4 heterocycles. The maximum absolute atomic E-state index is 12.2. The quantitative estimate of drug-likeness (QED) is 0.191. The third-order valence-corrected chi connectivity index (χ3v) is 10.9. The summed E-state index contributed by atoms with van der Waals surface area (Å²) in [5.74, 6) is 0.779. The van der Waals surface area contributed by atoms with Crippen molar-refractivity contribution in [3.8, 4) is 45.4 Å². The van der Waals surface area contributed by atoms with Gasteiger partial charge in [-0.1, -0.05) is 59.6 Å². The molecule has 0 amide bonds. The van der Waals surface area contributed by atoms with E-state index in [1.54, 1.807) is 20.4 Å². The molecular formula is C37H39Cl2N5O5. The first-order chi connectivity index (χ1) is 23.7. The Morgan fingerprint density at radius 1 is 0.939 bits per heavy atom. The third-order valence-electron chi connectivity index (χ3n) is 10.0. The minimum atomic E-state index is -0.332. The van der Waals surface area contributed by atoms with Gasteiger partial charge in [-0.3, -0.25) is 19.6 Å². The SMILES string of the molecule is CCOC(=O)C1CN([C@@H]2CCc3cc(-c4cccc(-c5cccc(-c6cnc(CN7C[C@@H](O)[C@@H]7C)c(OC)n6)c5Cl)c4Cl)nc(OC)c32)C1. The fourth-order valence-corrected chi connectivity index (χ4v) is 7.81. The number of fused-ring (bicyclic) bond motifs is 1. The fourth-order valence-electron chi connectivity index (χ4n) is 7.16. The van der Waals surface area contributed by atoms with Gasteiger partial charge in [0, 0.05) is 66.1 Å². The van der Waals surface area contributed by atoms with E-state index in [0.717, 1.165) is 40.8 Å². The predicted octanol–water partition coefficient (Wildman–Crippen LogP) is 6.24. The van der Waals surface area contributed by atoms with Crippen molar-refractivity contribution in [2.45, 2.75) is 51.4 Å². The van der Waals surface area contributed by atoms with Crippen molar-refractivity contribution >= 4 is 29.2 Å². The van der Waals surface area contributed by atoms with Gasteiger partial charge in [0.15, 0.2) is 0 Å². The Morgan fingerprint density at radius 3 is 2.18 bits per heavy atom. The summed E-state index contributed by atoms with van der Waals surface area (Å²) in [6.45, 7) is 6.68. The Morgan fingerprint density at radius 2 is 1.57 bits per heavy atom. The van der Waals surface area contributed by atoms with Crippen molar-refractivity contribution in [3.05, 3.63) is 75.5 Å². The molecule has 2 aliphatic heterocycles. The average Bonchev–Trinajstić information content (AvgIpc) is 3.51.